The predicted molar refractivity (Wildman–Crippen MR) is 65.3 cm³/mol. The molecule has 0 amide bonds. The lowest BCUT2D eigenvalue weighted by Gasteiger charge is -1.99. The highest BCUT2D eigenvalue weighted by Gasteiger charge is 2.21. The first-order valence-corrected chi connectivity index (χ1v) is 6.65. The molecule has 84 valence electrons. The molecule has 1 N–H and O–H groups in total. The molecule has 1 saturated carbocycles. The van der Waals surface area contributed by atoms with E-state index in [-0.39, 0.29) is 0 Å². The minimum absolute atomic E-state index is 0.708. The number of hydrogen-bond donors (Lipinski definition) is 1. The fourth-order valence-corrected chi connectivity index (χ4v) is 2.85. The van der Waals surface area contributed by atoms with Crippen LogP contribution in [0.4, 0.5) is 0 Å². The summed E-state index contributed by atoms with van der Waals surface area (Å²) >= 11 is 1.88. The zero-order chi connectivity index (χ0) is 10.8. The standard InChI is InChI=1S/C12H20N2S/c1-8(2)6-12-14-9(3)11(15-12)7-13-10-4-5-10/h8,10,13H,4-7H2,1-3H3. The number of thiazole rings is 1. The molecule has 1 aromatic rings. The minimum Gasteiger partial charge on any atom is -0.309 e. The molecule has 0 aliphatic heterocycles. The lowest BCUT2D eigenvalue weighted by molar-refractivity contribution is 0.643. The van der Waals surface area contributed by atoms with Crippen LogP contribution in [0.5, 0.6) is 0 Å². The van der Waals surface area contributed by atoms with Crippen molar-refractivity contribution in [1.82, 2.24) is 10.3 Å². The maximum Gasteiger partial charge on any atom is 0.0934 e. The Balaban J connectivity index is 1.93. The maximum absolute atomic E-state index is 4.63. The van der Waals surface area contributed by atoms with Gasteiger partial charge in [-0.1, -0.05) is 13.8 Å². The second kappa shape index (κ2) is 4.62. The molecule has 1 aliphatic rings. The summed E-state index contributed by atoms with van der Waals surface area (Å²) in [5, 5.41) is 4.85. The summed E-state index contributed by atoms with van der Waals surface area (Å²) in [6, 6.07) is 0.792. The average Bonchev–Trinajstić information content (AvgIpc) is 2.89. The van der Waals surface area contributed by atoms with Gasteiger partial charge in [0.05, 0.1) is 10.7 Å². The van der Waals surface area contributed by atoms with E-state index in [1.54, 1.807) is 0 Å². The summed E-state index contributed by atoms with van der Waals surface area (Å²) in [6.07, 6.45) is 3.84. The molecule has 1 aliphatic carbocycles. The minimum atomic E-state index is 0.708. The highest BCUT2D eigenvalue weighted by atomic mass is 32.1. The van der Waals surface area contributed by atoms with Gasteiger partial charge in [0.15, 0.2) is 0 Å². The van der Waals surface area contributed by atoms with E-state index in [1.165, 1.54) is 28.4 Å². The molecule has 0 aromatic carbocycles. The van der Waals surface area contributed by atoms with Gasteiger partial charge in [0.25, 0.3) is 0 Å². The van der Waals surface area contributed by atoms with Crippen LogP contribution in [0.25, 0.3) is 0 Å². The molecule has 0 atom stereocenters. The molecule has 0 spiro atoms. The Bertz CT molecular complexity index is 326. The zero-order valence-corrected chi connectivity index (χ0v) is 10.7. The molecule has 2 rings (SSSR count). The molecule has 3 heteroatoms. The van der Waals surface area contributed by atoms with Crippen molar-refractivity contribution in [2.24, 2.45) is 5.92 Å². The van der Waals surface area contributed by atoms with Crippen LogP contribution in [0.3, 0.4) is 0 Å². The number of nitrogens with one attached hydrogen (secondary N) is 1. The van der Waals surface area contributed by atoms with Crippen LogP contribution in [0.1, 0.15) is 42.3 Å². The largest absolute Gasteiger partial charge is 0.309 e. The van der Waals surface area contributed by atoms with E-state index in [2.05, 4.69) is 31.1 Å². The van der Waals surface area contributed by atoms with E-state index in [9.17, 15) is 0 Å². The van der Waals surface area contributed by atoms with Crippen LogP contribution in [-0.2, 0) is 13.0 Å². The summed E-state index contributed by atoms with van der Waals surface area (Å²) in [5.41, 5.74) is 1.23. The molecular formula is C12H20N2S. The molecular weight excluding hydrogens is 204 g/mol. The van der Waals surface area contributed by atoms with Crippen LogP contribution in [-0.4, -0.2) is 11.0 Å². The number of rotatable bonds is 5. The van der Waals surface area contributed by atoms with E-state index < -0.39 is 0 Å². The molecule has 15 heavy (non-hydrogen) atoms. The van der Waals surface area contributed by atoms with Gasteiger partial charge < -0.3 is 5.32 Å². The molecule has 0 radical (unpaired) electrons. The molecule has 0 bridgehead atoms. The quantitative estimate of drug-likeness (QED) is 0.832. The summed E-state index contributed by atoms with van der Waals surface area (Å²) in [5.74, 6) is 0.708. The third-order valence-corrected chi connectivity index (χ3v) is 3.83. The van der Waals surface area contributed by atoms with E-state index in [0.717, 1.165) is 19.0 Å². The Morgan fingerprint density at radius 2 is 2.20 bits per heavy atom. The van der Waals surface area contributed by atoms with Crippen LogP contribution < -0.4 is 5.32 Å². The van der Waals surface area contributed by atoms with Gasteiger partial charge in [-0.15, -0.1) is 11.3 Å². The van der Waals surface area contributed by atoms with E-state index in [4.69, 9.17) is 0 Å². The van der Waals surface area contributed by atoms with Crippen molar-refractivity contribution in [2.45, 2.75) is 52.6 Å². The Morgan fingerprint density at radius 3 is 2.80 bits per heavy atom. The van der Waals surface area contributed by atoms with E-state index >= 15 is 0 Å². The van der Waals surface area contributed by atoms with Gasteiger partial charge in [0, 0.05) is 23.9 Å². The monoisotopic (exact) mass is 224 g/mol. The molecule has 2 nitrogen and oxygen atoms in total. The highest BCUT2D eigenvalue weighted by molar-refractivity contribution is 7.11. The lowest BCUT2D eigenvalue weighted by atomic mass is 10.1. The Morgan fingerprint density at radius 1 is 1.47 bits per heavy atom. The van der Waals surface area contributed by atoms with Crippen molar-refractivity contribution in [3.05, 3.63) is 15.6 Å². The van der Waals surface area contributed by atoms with Gasteiger partial charge in [-0.2, -0.15) is 0 Å². The lowest BCUT2D eigenvalue weighted by Crippen LogP contribution is -2.14. The Labute approximate surface area is 96.1 Å². The molecule has 0 saturated heterocycles. The van der Waals surface area contributed by atoms with Crippen molar-refractivity contribution in [3.63, 3.8) is 0 Å². The van der Waals surface area contributed by atoms with Crippen molar-refractivity contribution < 1.29 is 0 Å². The molecule has 0 unspecified atom stereocenters. The average molecular weight is 224 g/mol. The summed E-state index contributed by atoms with van der Waals surface area (Å²) in [7, 11) is 0. The van der Waals surface area contributed by atoms with Crippen LogP contribution in [0.2, 0.25) is 0 Å². The molecule has 1 fully saturated rings. The first kappa shape index (κ1) is 11.1. The van der Waals surface area contributed by atoms with Crippen molar-refractivity contribution in [2.75, 3.05) is 0 Å². The first-order valence-electron chi connectivity index (χ1n) is 5.83. The Kier molecular flexibility index (Phi) is 3.42. The molecule has 1 heterocycles. The first-order chi connectivity index (χ1) is 7.15. The van der Waals surface area contributed by atoms with Gasteiger partial charge in [0.2, 0.25) is 0 Å². The second-order valence-corrected chi connectivity index (χ2v) is 6.04. The third kappa shape index (κ3) is 3.28. The molecule has 1 aromatic heterocycles. The van der Waals surface area contributed by atoms with E-state index in [1.807, 2.05) is 11.3 Å². The zero-order valence-electron chi connectivity index (χ0n) is 9.84. The summed E-state index contributed by atoms with van der Waals surface area (Å²) in [4.78, 5) is 6.06. The Hall–Kier alpha value is -0.410. The van der Waals surface area contributed by atoms with Gasteiger partial charge >= 0.3 is 0 Å². The van der Waals surface area contributed by atoms with E-state index in [0.29, 0.717) is 5.92 Å². The fraction of sp³-hybridized carbons (Fsp3) is 0.750. The van der Waals surface area contributed by atoms with Crippen LogP contribution >= 0.6 is 11.3 Å². The third-order valence-electron chi connectivity index (χ3n) is 2.65. The number of hydrogen-bond acceptors (Lipinski definition) is 3. The number of aromatic nitrogens is 1. The normalized spacial score (nSPS) is 16.3. The highest BCUT2D eigenvalue weighted by Crippen LogP contribution is 2.23. The number of aryl methyl sites for hydroxylation is 1. The van der Waals surface area contributed by atoms with Gasteiger partial charge in [-0.05, 0) is 25.7 Å². The van der Waals surface area contributed by atoms with Crippen molar-refractivity contribution in [1.29, 1.82) is 0 Å². The number of nitrogens with zero attached hydrogens (tertiary/aromatic N) is 1. The van der Waals surface area contributed by atoms with Crippen molar-refractivity contribution in [3.8, 4) is 0 Å². The van der Waals surface area contributed by atoms with Crippen LogP contribution in [0.15, 0.2) is 0 Å². The van der Waals surface area contributed by atoms with Crippen molar-refractivity contribution >= 4 is 11.3 Å². The van der Waals surface area contributed by atoms with Crippen LogP contribution in [0, 0.1) is 12.8 Å². The predicted octanol–water partition coefficient (Wildman–Crippen LogP) is 2.90. The SMILES string of the molecule is Cc1nc(CC(C)C)sc1CNC1CC1. The maximum atomic E-state index is 4.63. The smallest absolute Gasteiger partial charge is 0.0934 e. The second-order valence-electron chi connectivity index (χ2n) is 4.87. The topological polar surface area (TPSA) is 24.9 Å². The summed E-state index contributed by atoms with van der Waals surface area (Å²) in [6.45, 7) is 7.65. The fourth-order valence-electron chi connectivity index (χ4n) is 1.61. The van der Waals surface area contributed by atoms with Gasteiger partial charge in [-0.25, -0.2) is 4.98 Å². The van der Waals surface area contributed by atoms with Gasteiger partial charge in [-0.3, -0.25) is 0 Å². The summed E-state index contributed by atoms with van der Waals surface area (Å²) < 4.78 is 0. The van der Waals surface area contributed by atoms with Gasteiger partial charge in [0.1, 0.15) is 0 Å².